The van der Waals surface area contributed by atoms with Gasteiger partial charge in [-0.1, -0.05) is 0 Å². The van der Waals surface area contributed by atoms with Gasteiger partial charge in [0.1, 0.15) is 5.69 Å². The molecule has 0 aliphatic heterocycles. The molecule has 1 amide bonds. The van der Waals surface area contributed by atoms with Crippen molar-refractivity contribution in [2.45, 2.75) is 26.2 Å². The second-order valence-corrected chi connectivity index (χ2v) is 4.37. The molecule has 1 aliphatic rings. The quantitative estimate of drug-likeness (QED) is 0.677. The summed E-state index contributed by atoms with van der Waals surface area (Å²) >= 11 is 0. The van der Waals surface area contributed by atoms with Crippen LogP contribution in [0.4, 0.5) is 16.2 Å². The van der Waals surface area contributed by atoms with Crippen molar-refractivity contribution in [3.63, 3.8) is 0 Å². The predicted octanol–water partition coefficient (Wildman–Crippen LogP) is 2.68. The molecule has 0 atom stereocenters. The highest BCUT2D eigenvalue weighted by atomic mass is 16.6. The zero-order chi connectivity index (χ0) is 14.7. The van der Waals surface area contributed by atoms with Crippen molar-refractivity contribution in [2.24, 2.45) is 0 Å². The number of nitrogens with one attached hydrogen (secondary N) is 1. The summed E-state index contributed by atoms with van der Waals surface area (Å²) < 4.78 is 4.71. The first kappa shape index (κ1) is 14.0. The Bertz CT molecular complexity index is 582. The van der Waals surface area contributed by atoms with Gasteiger partial charge in [-0.25, -0.2) is 4.79 Å². The first-order valence-electron chi connectivity index (χ1n) is 6.31. The largest absolute Gasteiger partial charge is 0.450 e. The summed E-state index contributed by atoms with van der Waals surface area (Å²) in [6.45, 7) is 1.81. The zero-order valence-electron chi connectivity index (χ0n) is 11.0. The first-order valence-corrected chi connectivity index (χ1v) is 6.31. The molecule has 106 valence electrons. The van der Waals surface area contributed by atoms with Crippen LogP contribution in [-0.4, -0.2) is 23.4 Å². The average molecular weight is 278 g/mol. The van der Waals surface area contributed by atoms with Crippen LogP contribution in [0.3, 0.4) is 0 Å². The highest BCUT2D eigenvalue weighted by Crippen LogP contribution is 2.35. The molecule has 1 aliphatic carbocycles. The van der Waals surface area contributed by atoms with Gasteiger partial charge in [0, 0.05) is 17.5 Å². The number of hydrogen-bond acceptors (Lipinski definition) is 5. The van der Waals surface area contributed by atoms with Gasteiger partial charge < -0.3 is 4.74 Å². The SMILES string of the molecule is CCOC(=O)Nc1ccc2c(c1[N+](=O)[O-])CCCC2=O. The Morgan fingerprint density at radius 2 is 2.20 bits per heavy atom. The Hall–Kier alpha value is -2.44. The molecule has 0 bridgehead atoms. The molecule has 7 heteroatoms. The topological polar surface area (TPSA) is 98.5 Å². The summed E-state index contributed by atoms with van der Waals surface area (Å²) in [5, 5.41) is 13.6. The minimum Gasteiger partial charge on any atom is -0.450 e. The molecule has 0 aromatic heterocycles. The van der Waals surface area contributed by atoms with Crippen LogP contribution in [0.1, 0.15) is 35.7 Å². The summed E-state index contributed by atoms with van der Waals surface area (Å²) in [5.41, 5.74) is 0.600. The van der Waals surface area contributed by atoms with Crippen LogP contribution in [0.2, 0.25) is 0 Å². The third kappa shape index (κ3) is 2.61. The third-order valence-corrected chi connectivity index (χ3v) is 3.11. The van der Waals surface area contributed by atoms with E-state index in [1.54, 1.807) is 6.92 Å². The number of nitro benzene ring substituents is 1. The van der Waals surface area contributed by atoms with E-state index in [4.69, 9.17) is 4.74 Å². The molecular weight excluding hydrogens is 264 g/mol. The molecule has 20 heavy (non-hydrogen) atoms. The second kappa shape index (κ2) is 5.68. The number of rotatable bonds is 3. The highest BCUT2D eigenvalue weighted by molar-refractivity contribution is 6.01. The lowest BCUT2D eigenvalue weighted by atomic mass is 9.89. The van der Waals surface area contributed by atoms with E-state index in [1.807, 2.05) is 0 Å². The van der Waals surface area contributed by atoms with E-state index in [-0.39, 0.29) is 23.8 Å². The number of nitrogens with zero attached hydrogens (tertiary/aromatic N) is 1. The summed E-state index contributed by atoms with van der Waals surface area (Å²) in [6.07, 6.45) is 0.678. The van der Waals surface area contributed by atoms with Gasteiger partial charge in [-0.3, -0.25) is 20.2 Å². The van der Waals surface area contributed by atoms with Crippen molar-refractivity contribution >= 4 is 23.3 Å². The molecule has 0 saturated carbocycles. The Morgan fingerprint density at radius 3 is 2.85 bits per heavy atom. The monoisotopic (exact) mass is 278 g/mol. The molecular formula is C13H14N2O5. The molecule has 0 heterocycles. The summed E-state index contributed by atoms with van der Waals surface area (Å²) in [6, 6.07) is 2.89. The number of carbonyl (C=O) groups is 2. The smallest absolute Gasteiger partial charge is 0.411 e. The van der Waals surface area contributed by atoms with Gasteiger partial charge in [0.25, 0.3) is 5.69 Å². The normalized spacial score (nSPS) is 13.6. The van der Waals surface area contributed by atoms with Crippen LogP contribution >= 0.6 is 0 Å². The number of amides is 1. The molecule has 0 unspecified atom stereocenters. The Kier molecular flexibility index (Phi) is 3.97. The number of Topliss-reactive ketones (excluding diaryl/α,β-unsaturated/α-hetero) is 1. The maximum absolute atomic E-state index is 11.8. The van der Waals surface area contributed by atoms with Crippen LogP contribution in [-0.2, 0) is 11.2 Å². The third-order valence-electron chi connectivity index (χ3n) is 3.11. The first-order chi connectivity index (χ1) is 9.54. The van der Waals surface area contributed by atoms with E-state index in [1.165, 1.54) is 12.1 Å². The second-order valence-electron chi connectivity index (χ2n) is 4.37. The van der Waals surface area contributed by atoms with Crippen molar-refractivity contribution in [1.82, 2.24) is 0 Å². The molecule has 2 rings (SSSR count). The average Bonchev–Trinajstić information content (AvgIpc) is 2.38. The predicted molar refractivity (Wildman–Crippen MR) is 71.0 cm³/mol. The molecule has 0 radical (unpaired) electrons. The Morgan fingerprint density at radius 1 is 1.45 bits per heavy atom. The van der Waals surface area contributed by atoms with Crippen molar-refractivity contribution in [3.05, 3.63) is 33.4 Å². The van der Waals surface area contributed by atoms with Gasteiger partial charge in [-0.15, -0.1) is 0 Å². The van der Waals surface area contributed by atoms with Crippen LogP contribution in [0.25, 0.3) is 0 Å². The van der Waals surface area contributed by atoms with Crippen LogP contribution < -0.4 is 5.32 Å². The number of ether oxygens (including phenoxy) is 1. The number of nitro groups is 1. The van der Waals surface area contributed by atoms with Crippen molar-refractivity contribution in [1.29, 1.82) is 0 Å². The lowest BCUT2D eigenvalue weighted by molar-refractivity contribution is -0.384. The maximum atomic E-state index is 11.8. The molecule has 7 nitrogen and oxygen atoms in total. The Balaban J connectivity index is 2.45. The van der Waals surface area contributed by atoms with Crippen LogP contribution in [0.5, 0.6) is 0 Å². The van der Waals surface area contributed by atoms with Gasteiger partial charge in [-0.05, 0) is 31.9 Å². The van der Waals surface area contributed by atoms with Gasteiger partial charge in [-0.2, -0.15) is 0 Å². The van der Waals surface area contributed by atoms with Gasteiger partial charge in [0.15, 0.2) is 5.78 Å². The molecule has 1 aromatic rings. The van der Waals surface area contributed by atoms with Crippen molar-refractivity contribution in [3.8, 4) is 0 Å². The summed E-state index contributed by atoms with van der Waals surface area (Å²) in [5.74, 6) is -0.1000. The van der Waals surface area contributed by atoms with Gasteiger partial charge in [0.2, 0.25) is 0 Å². The molecule has 0 fully saturated rings. The minimum absolute atomic E-state index is 0.0573. The number of carbonyl (C=O) groups excluding carboxylic acids is 2. The zero-order valence-corrected chi connectivity index (χ0v) is 11.0. The highest BCUT2D eigenvalue weighted by Gasteiger charge is 2.29. The molecule has 0 saturated heterocycles. The van der Waals surface area contributed by atoms with E-state index in [0.717, 1.165) is 0 Å². The van der Waals surface area contributed by atoms with Crippen molar-refractivity contribution in [2.75, 3.05) is 11.9 Å². The number of benzene rings is 1. The van der Waals surface area contributed by atoms with Gasteiger partial charge in [0.05, 0.1) is 11.5 Å². The molecule has 1 aromatic carbocycles. The lowest BCUT2D eigenvalue weighted by Crippen LogP contribution is -2.18. The fraction of sp³-hybridized carbons (Fsp3) is 0.385. The van der Waals surface area contributed by atoms with Crippen molar-refractivity contribution < 1.29 is 19.2 Å². The summed E-state index contributed by atoms with van der Waals surface area (Å²) in [7, 11) is 0. The van der Waals surface area contributed by atoms with Gasteiger partial charge >= 0.3 is 6.09 Å². The van der Waals surface area contributed by atoms with Crippen LogP contribution in [0.15, 0.2) is 12.1 Å². The van der Waals surface area contributed by atoms with E-state index >= 15 is 0 Å². The fourth-order valence-corrected chi connectivity index (χ4v) is 2.30. The Labute approximate surface area is 115 Å². The van der Waals surface area contributed by atoms with E-state index in [9.17, 15) is 19.7 Å². The maximum Gasteiger partial charge on any atom is 0.411 e. The van der Waals surface area contributed by atoms with E-state index in [0.29, 0.717) is 30.4 Å². The number of anilines is 1. The lowest BCUT2D eigenvalue weighted by Gasteiger charge is -2.16. The van der Waals surface area contributed by atoms with E-state index < -0.39 is 11.0 Å². The van der Waals surface area contributed by atoms with Crippen LogP contribution in [0, 0.1) is 10.1 Å². The number of hydrogen-bond donors (Lipinski definition) is 1. The fourth-order valence-electron chi connectivity index (χ4n) is 2.30. The minimum atomic E-state index is -0.752. The standard InChI is InChI=1S/C13H14N2O5/c1-2-20-13(17)14-10-7-6-8-9(12(10)15(18)19)4-3-5-11(8)16/h6-7H,2-5H2,1H3,(H,14,17). The number of ketones is 1. The molecule has 0 spiro atoms. The summed E-state index contributed by atoms with van der Waals surface area (Å²) in [4.78, 5) is 33.8. The molecule has 1 N–H and O–H groups in total. The number of fused-ring (bicyclic) bond motifs is 1. The van der Waals surface area contributed by atoms with E-state index in [2.05, 4.69) is 5.32 Å².